The van der Waals surface area contributed by atoms with Gasteiger partial charge in [-0.05, 0) is 22.9 Å². The number of hydrogen-bond acceptors (Lipinski definition) is 3. The highest BCUT2D eigenvalue weighted by molar-refractivity contribution is 7.93. The first-order valence-electron chi connectivity index (χ1n) is 4.72. The van der Waals surface area contributed by atoms with Crippen molar-refractivity contribution >= 4 is 20.5 Å². The largest absolute Gasteiger partial charge is 0.244 e. The molecule has 0 unspecified atom stereocenters. The lowest BCUT2D eigenvalue weighted by molar-refractivity contribution is 0.681. The zero-order chi connectivity index (χ0) is 11.6. The van der Waals surface area contributed by atoms with Gasteiger partial charge in [0.15, 0.2) is 0 Å². The predicted octanol–water partition coefficient (Wildman–Crippen LogP) is 2.78. The van der Waals surface area contributed by atoms with Gasteiger partial charge in [0, 0.05) is 11.2 Å². The smallest absolute Gasteiger partial charge is 0.214 e. The second-order valence-electron chi connectivity index (χ2n) is 3.50. The van der Waals surface area contributed by atoms with Crippen molar-refractivity contribution in [2.75, 3.05) is 6.26 Å². The summed E-state index contributed by atoms with van der Waals surface area (Å²) in [6.45, 7) is 0. The third-order valence-electron chi connectivity index (χ3n) is 2.37. The fourth-order valence-corrected chi connectivity index (χ4v) is 2.46. The molecule has 1 atom stereocenters. The van der Waals surface area contributed by atoms with Crippen molar-refractivity contribution in [2.45, 2.75) is 4.90 Å². The molecule has 2 aromatic rings. The van der Waals surface area contributed by atoms with Gasteiger partial charge in [-0.2, -0.15) is 5.26 Å². The molecular formula is C12H10N2OS. The van der Waals surface area contributed by atoms with Crippen molar-refractivity contribution in [2.24, 2.45) is 4.36 Å². The van der Waals surface area contributed by atoms with E-state index in [1.54, 1.807) is 12.3 Å². The van der Waals surface area contributed by atoms with Gasteiger partial charge < -0.3 is 0 Å². The van der Waals surface area contributed by atoms with Crippen LogP contribution in [0.15, 0.2) is 51.7 Å². The van der Waals surface area contributed by atoms with Crippen LogP contribution in [0.4, 0.5) is 0 Å². The maximum Gasteiger partial charge on any atom is 0.214 e. The van der Waals surface area contributed by atoms with Crippen LogP contribution in [-0.4, -0.2) is 10.5 Å². The molecule has 0 fully saturated rings. The van der Waals surface area contributed by atoms with E-state index in [1.807, 2.05) is 36.4 Å². The number of hydrogen-bond donors (Lipinski definition) is 0. The second kappa shape index (κ2) is 3.95. The lowest BCUT2D eigenvalue weighted by Crippen LogP contribution is -1.96. The molecule has 0 heterocycles. The molecule has 16 heavy (non-hydrogen) atoms. The number of nitriles is 1. The first-order chi connectivity index (χ1) is 7.63. The van der Waals surface area contributed by atoms with E-state index in [0.29, 0.717) is 4.90 Å². The van der Waals surface area contributed by atoms with Crippen LogP contribution < -0.4 is 0 Å². The van der Waals surface area contributed by atoms with Gasteiger partial charge in [0.2, 0.25) is 6.19 Å². The lowest BCUT2D eigenvalue weighted by Gasteiger charge is -2.03. The molecule has 0 aromatic heterocycles. The molecule has 2 aromatic carbocycles. The van der Waals surface area contributed by atoms with E-state index in [2.05, 4.69) is 4.36 Å². The lowest BCUT2D eigenvalue weighted by atomic mass is 10.1. The van der Waals surface area contributed by atoms with Crippen molar-refractivity contribution in [3.8, 4) is 6.19 Å². The van der Waals surface area contributed by atoms with Crippen LogP contribution in [0.25, 0.3) is 10.8 Å². The van der Waals surface area contributed by atoms with Gasteiger partial charge in [-0.1, -0.05) is 30.3 Å². The molecule has 0 N–H and O–H groups in total. The highest BCUT2D eigenvalue weighted by Gasteiger charge is 2.06. The third kappa shape index (κ3) is 1.90. The Morgan fingerprint density at radius 1 is 1.19 bits per heavy atom. The molecule has 0 radical (unpaired) electrons. The molecule has 4 heteroatoms. The zero-order valence-corrected chi connectivity index (χ0v) is 9.57. The summed E-state index contributed by atoms with van der Waals surface area (Å²) in [5.74, 6) is 0. The molecule has 0 aliphatic rings. The summed E-state index contributed by atoms with van der Waals surface area (Å²) < 4.78 is 15.5. The van der Waals surface area contributed by atoms with E-state index in [0.717, 1.165) is 10.8 Å². The Bertz CT molecular complexity index is 691. The Kier molecular flexibility index (Phi) is 2.63. The Labute approximate surface area is 94.5 Å². The van der Waals surface area contributed by atoms with E-state index < -0.39 is 9.73 Å². The minimum atomic E-state index is -2.59. The SMILES string of the molecule is C[S@](=O)(=NC#N)c1ccc2ccccc2c1. The second-order valence-corrected chi connectivity index (χ2v) is 5.76. The Morgan fingerprint density at radius 2 is 1.88 bits per heavy atom. The molecule has 80 valence electrons. The maximum atomic E-state index is 12.0. The van der Waals surface area contributed by atoms with Crippen molar-refractivity contribution in [1.82, 2.24) is 0 Å². The van der Waals surface area contributed by atoms with Gasteiger partial charge in [-0.3, -0.25) is 0 Å². The Hall–Kier alpha value is -1.86. The summed E-state index contributed by atoms with van der Waals surface area (Å²) in [5, 5.41) is 10.6. The van der Waals surface area contributed by atoms with Gasteiger partial charge in [-0.15, -0.1) is 4.36 Å². The van der Waals surface area contributed by atoms with Gasteiger partial charge in [-0.25, -0.2) is 4.21 Å². The summed E-state index contributed by atoms with van der Waals surface area (Å²) in [6, 6.07) is 13.3. The predicted molar refractivity (Wildman–Crippen MR) is 64.3 cm³/mol. The molecule has 3 nitrogen and oxygen atoms in total. The van der Waals surface area contributed by atoms with Crippen LogP contribution in [0.3, 0.4) is 0 Å². The molecule has 0 amide bonds. The highest BCUT2D eigenvalue weighted by atomic mass is 32.2. The van der Waals surface area contributed by atoms with Crippen LogP contribution in [0.1, 0.15) is 0 Å². The highest BCUT2D eigenvalue weighted by Crippen LogP contribution is 2.19. The molecule has 2 rings (SSSR count). The van der Waals surface area contributed by atoms with Crippen LogP contribution in [0.5, 0.6) is 0 Å². The quantitative estimate of drug-likeness (QED) is 0.707. The van der Waals surface area contributed by atoms with Gasteiger partial charge in [0.05, 0.1) is 9.73 Å². The number of nitrogens with zero attached hydrogens (tertiary/aromatic N) is 2. The van der Waals surface area contributed by atoms with Gasteiger partial charge in [0.25, 0.3) is 0 Å². The van der Waals surface area contributed by atoms with Crippen molar-refractivity contribution < 1.29 is 4.21 Å². The summed E-state index contributed by atoms with van der Waals surface area (Å²) in [6.07, 6.45) is 3.08. The molecule has 0 saturated heterocycles. The molecule has 0 aliphatic heterocycles. The van der Waals surface area contributed by atoms with E-state index in [1.165, 1.54) is 6.26 Å². The van der Waals surface area contributed by atoms with Gasteiger partial charge in [0.1, 0.15) is 0 Å². The standard InChI is InChI=1S/C12H10N2OS/c1-16(15,14-9-13)12-7-6-10-4-2-3-5-11(10)8-12/h2-8H,1H3/t16-/m1/s1. The summed E-state index contributed by atoms with van der Waals surface area (Å²) >= 11 is 0. The van der Waals surface area contributed by atoms with E-state index in [-0.39, 0.29) is 0 Å². The number of rotatable bonds is 1. The first-order valence-corrected chi connectivity index (χ1v) is 6.65. The van der Waals surface area contributed by atoms with E-state index in [4.69, 9.17) is 5.26 Å². The van der Waals surface area contributed by atoms with Crippen LogP contribution in [-0.2, 0) is 9.73 Å². The molecule has 0 aliphatic carbocycles. The van der Waals surface area contributed by atoms with E-state index in [9.17, 15) is 4.21 Å². The van der Waals surface area contributed by atoms with E-state index >= 15 is 0 Å². The fourth-order valence-electron chi connectivity index (χ4n) is 1.53. The molecule has 0 saturated carbocycles. The first kappa shape index (κ1) is 10.7. The molecule has 0 bridgehead atoms. The van der Waals surface area contributed by atoms with Crippen molar-refractivity contribution in [3.05, 3.63) is 42.5 Å². The topological polar surface area (TPSA) is 53.2 Å². The third-order valence-corrected chi connectivity index (χ3v) is 3.93. The number of fused-ring (bicyclic) bond motifs is 1. The minimum Gasteiger partial charge on any atom is -0.244 e. The van der Waals surface area contributed by atoms with Crippen LogP contribution >= 0.6 is 0 Å². The zero-order valence-electron chi connectivity index (χ0n) is 8.75. The normalized spacial score (nSPS) is 14.0. The van der Waals surface area contributed by atoms with Crippen LogP contribution in [0, 0.1) is 11.5 Å². The average Bonchev–Trinajstić information content (AvgIpc) is 2.28. The fraction of sp³-hybridized carbons (Fsp3) is 0.0833. The minimum absolute atomic E-state index is 0.591. The van der Waals surface area contributed by atoms with Gasteiger partial charge >= 0.3 is 0 Å². The average molecular weight is 230 g/mol. The van der Waals surface area contributed by atoms with Crippen molar-refractivity contribution in [3.63, 3.8) is 0 Å². The maximum absolute atomic E-state index is 12.0. The number of benzene rings is 2. The summed E-state index contributed by atoms with van der Waals surface area (Å²) in [7, 11) is -2.59. The van der Waals surface area contributed by atoms with Crippen molar-refractivity contribution in [1.29, 1.82) is 5.26 Å². The monoisotopic (exact) mass is 230 g/mol. The molecule has 0 spiro atoms. The molecular weight excluding hydrogens is 220 g/mol. The van der Waals surface area contributed by atoms with Crippen LogP contribution in [0.2, 0.25) is 0 Å². The summed E-state index contributed by atoms with van der Waals surface area (Å²) in [5.41, 5.74) is 0. The Morgan fingerprint density at radius 3 is 2.56 bits per heavy atom. The summed E-state index contributed by atoms with van der Waals surface area (Å²) in [4.78, 5) is 0.591. The Balaban J connectivity index is 2.70.